The fourth-order valence-corrected chi connectivity index (χ4v) is 4.12. The van der Waals surface area contributed by atoms with Gasteiger partial charge < -0.3 is 20.1 Å². The zero-order valence-electron chi connectivity index (χ0n) is 20.3. The lowest BCUT2D eigenvalue weighted by Gasteiger charge is -2.24. The Morgan fingerprint density at radius 3 is 2.69 bits per heavy atom. The first kappa shape index (κ1) is 25.1. The number of nitrogens with one attached hydrogen (secondary N) is 1. The van der Waals surface area contributed by atoms with Gasteiger partial charge in [0.1, 0.15) is 18.3 Å². The summed E-state index contributed by atoms with van der Waals surface area (Å²) >= 11 is 0. The van der Waals surface area contributed by atoms with E-state index in [1.165, 1.54) is 9.58 Å². The lowest BCUT2D eigenvalue weighted by molar-refractivity contribution is -0.144. The first-order chi connectivity index (χ1) is 17.3. The van der Waals surface area contributed by atoms with Crippen LogP contribution < -0.4 is 5.32 Å². The van der Waals surface area contributed by atoms with E-state index in [0.29, 0.717) is 23.4 Å². The number of carbonyl (C=O) groups is 3. The van der Waals surface area contributed by atoms with Gasteiger partial charge in [0.15, 0.2) is 0 Å². The Kier molecular flexibility index (Phi) is 7.74. The van der Waals surface area contributed by atoms with Gasteiger partial charge in [0.25, 0.3) is 5.91 Å². The highest BCUT2D eigenvalue weighted by Gasteiger charge is 2.39. The van der Waals surface area contributed by atoms with Gasteiger partial charge in [-0.15, -0.1) is 5.10 Å². The monoisotopic (exact) mass is 491 g/mol. The van der Waals surface area contributed by atoms with Crippen LogP contribution in [-0.2, 0) is 27.4 Å². The van der Waals surface area contributed by atoms with Crippen molar-refractivity contribution >= 4 is 17.8 Å². The molecule has 0 saturated carbocycles. The maximum absolute atomic E-state index is 13.4. The van der Waals surface area contributed by atoms with E-state index in [1.807, 2.05) is 31.2 Å². The van der Waals surface area contributed by atoms with E-state index in [2.05, 4.69) is 15.6 Å². The summed E-state index contributed by atoms with van der Waals surface area (Å²) in [5.74, 6) is -1.08. The number of esters is 1. The first-order valence-electron chi connectivity index (χ1n) is 11.8. The molecular formula is C26H29N5O5. The largest absolute Gasteiger partial charge is 0.465 e. The lowest BCUT2D eigenvalue weighted by atomic mass is 10.1. The summed E-state index contributed by atoms with van der Waals surface area (Å²) in [6, 6.07) is 13.9. The van der Waals surface area contributed by atoms with E-state index in [0.717, 1.165) is 11.1 Å². The second-order valence-electron chi connectivity index (χ2n) is 8.75. The molecule has 10 heteroatoms. The van der Waals surface area contributed by atoms with Crippen LogP contribution in [0.3, 0.4) is 0 Å². The van der Waals surface area contributed by atoms with Crippen molar-refractivity contribution in [2.75, 3.05) is 13.2 Å². The topological polar surface area (TPSA) is 127 Å². The molecule has 0 unspecified atom stereocenters. The van der Waals surface area contributed by atoms with Crippen LogP contribution in [0.1, 0.15) is 34.8 Å². The molecule has 2 heterocycles. The van der Waals surface area contributed by atoms with E-state index >= 15 is 0 Å². The van der Waals surface area contributed by atoms with E-state index in [9.17, 15) is 19.5 Å². The third-order valence-corrected chi connectivity index (χ3v) is 5.97. The van der Waals surface area contributed by atoms with Crippen LogP contribution in [0, 0.1) is 6.92 Å². The van der Waals surface area contributed by atoms with Crippen molar-refractivity contribution in [3.63, 3.8) is 0 Å². The Labute approximate surface area is 208 Å². The molecule has 0 bridgehead atoms. The van der Waals surface area contributed by atoms with Gasteiger partial charge in [0.2, 0.25) is 5.91 Å². The molecule has 10 nitrogen and oxygen atoms in total. The van der Waals surface area contributed by atoms with Crippen molar-refractivity contribution in [2.24, 2.45) is 0 Å². The van der Waals surface area contributed by atoms with Crippen LogP contribution in [0.5, 0.6) is 0 Å². The molecule has 2 aromatic carbocycles. The quantitative estimate of drug-likeness (QED) is 0.459. The number of aliphatic hydroxyl groups is 1. The molecule has 0 radical (unpaired) electrons. The second-order valence-corrected chi connectivity index (χ2v) is 8.75. The van der Waals surface area contributed by atoms with Gasteiger partial charge in [0.05, 0.1) is 18.9 Å². The normalized spacial score (nSPS) is 17.1. The number of hydrogen-bond donors (Lipinski definition) is 2. The number of nitrogens with zero attached hydrogens (tertiary/aromatic N) is 4. The van der Waals surface area contributed by atoms with E-state index in [1.54, 1.807) is 37.4 Å². The minimum absolute atomic E-state index is 0.0650. The second kappa shape index (κ2) is 11.1. The summed E-state index contributed by atoms with van der Waals surface area (Å²) in [6.07, 6.45) is 0.990. The van der Waals surface area contributed by atoms with E-state index in [4.69, 9.17) is 4.74 Å². The maximum atomic E-state index is 13.4. The summed E-state index contributed by atoms with van der Waals surface area (Å²) in [5.41, 5.74) is 3.57. The average molecular weight is 492 g/mol. The predicted octanol–water partition coefficient (Wildman–Crippen LogP) is 1.71. The summed E-state index contributed by atoms with van der Waals surface area (Å²) in [7, 11) is 0. The number of aromatic nitrogens is 3. The Bertz CT molecular complexity index is 1240. The van der Waals surface area contributed by atoms with Crippen LogP contribution in [0.4, 0.5) is 0 Å². The van der Waals surface area contributed by atoms with Gasteiger partial charge in [-0.3, -0.25) is 14.4 Å². The summed E-state index contributed by atoms with van der Waals surface area (Å²) in [5, 5.41) is 21.2. The maximum Gasteiger partial charge on any atom is 0.327 e. The van der Waals surface area contributed by atoms with Crippen molar-refractivity contribution < 1.29 is 24.2 Å². The molecule has 4 rings (SSSR count). The number of aryl methyl sites for hydroxylation is 1. The first-order valence-corrected chi connectivity index (χ1v) is 11.8. The van der Waals surface area contributed by atoms with Crippen molar-refractivity contribution in [1.29, 1.82) is 0 Å². The van der Waals surface area contributed by atoms with Crippen LogP contribution in [0.15, 0.2) is 54.7 Å². The molecule has 2 atom stereocenters. The van der Waals surface area contributed by atoms with Crippen LogP contribution in [0.2, 0.25) is 0 Å². The molecule has 0 aliphatic carbocycles. The molecule has 188 valence electrons. The molecule has 1 saturated heterocycles. The van der Waals surface area contributed by atoms with Crippen molar-refractivity contribution in [3.8, 4) is 11.3 Å². The fraction of sp³-hybridized carbons (Fsp3) is 0.346. The number of hydrogen-bond acceptors (Lipinski definition) is 7. The SMILES string of the molecule is CCOC(=O)Cn1cc(-c2cccc(C(=O)N3C[C@H](O)C[C@H]3C(=O)NCc3ccc(C)cc3)c2)nn1. The van der Waals surface area contributed by atoms with Crippen molar-refractivity contribution in [2.45, 2.75) is 45.5 Å². The van der Waals surface area contributed by atoms with Gasteiger partial charge >= 0.3 is 5.97 Å². The Morgan fingerprint density at radius 2 is 1.94 bits per heavy atom. The third kappa shape index (κ3) is 5.95. The molecule has 2 N–H and O–H groups in total. The summed E-state index contributed by atoms with van der Waals surface area (Å²) in [6.45, 7) is 4.34. The van der Waals surface area contributed by atoms with Crippen molar-refractivity contribution in [1.82, 2.24) is 25.2 Å². The minimum Gasteiger partial charge on any atom is -0.465 e. The van der Waals surface area contributed by atoms with Crippen LogP contribution in [0.25, 0.3) is 11.3 Å². The highest BCUT2D eigenvalue weighted by Crippen LogP contribution is 2.24. The number of benzene rings is 2. The van der Waals surface area contributed by atoms with E-state index in [-0.39, 0.29) is 37.9 Å². The highest BCUT2D eigenvalue weighted by molar-refractivity contribution is 5.98. The molecule has 1 fully saturated rings. The molecule has 3 aromatic rings. The molecule has 2 amide bonds. The average Bonchev–Trinajstić information content (AvgIpc) is 3.50. The molecule has 1 aliphatic heterocycles. The number of aliphatic hydroxyl groups excluding tert-OH is 1. The molecule has 1 aromatic heterocycles. The minimum atomic E-state index is -0.782. The van der Waals surface area contributed by atoms with Gasteiger partial charge in [-0.2, -0.15) is 0 Å². The highest BCUT2D eigenvalue weighted by atomic mass is 16.5. The van der Waals surface area contributed by atoms with Gasteiger partial charge in [-0.1, -0.05) is 47.2 Å². The van der Waals surface area contributed by atoms with Crippen LogP contribution in [-0.4, -0.2) is 68.1 Å². The van der Waals surface area contributed by atoms with Crippen molar-refractivity contribution in [3.05, 3.63) is 71.4 Å². The molecule has 36 heavy (non-hydrogen) atoms. The smallest absolute Gasteiger partial charge is 0.327 e. The lowest BCUT2D eigenvalue weighted by Crippen LogP contribution is -2.45. The molecular weight excluding hydrogens is 462 g/mol. The number of rotatable bonds is 8. The van der Waals surface area contributed by atoms with E-state index < -0.39 is 18.1 Å². The zero-order valence-corrected chi connectivity index (χ0v) is 20.3. The number of likely N-dealkylation sites (tertiary alicyclic amines) is 1. The fourth-order valence-electron chi connectivity index (χ4n) is 4.12. The Balaban J connectivity index is 1.45. The predicted molar refractivity (Wildman–Crippen MR) is 131 cm³/mol. The van der Waals surface area contributed by atoms with Gasteiger partial charge in [0, 0.05) is 30.6 Å². The summed E-state index contributed by atoms with van der Waals surface area (Å²) in [4.78, 5) is 39.4. The van der Waals surface area contributed by atoms with Crippen LogP contribution >= 0.6 is 0 Å². The number of ether oxygens (including phenoxy) is 1. The Morgan fingerprint density at radius 1 is 1.17 bits per heavy atom. The number of amides is 2. The third-order valence-electron chi connectivity index (χ3n) is 5.97. The molecule has 0 spiro atoms. The zero-order chi connectivity index (χ0) is 25.7. The number of β-amino-alcohol motifs (C(OH)–C–C–N with tert-alkyl or cyclic N) is 1. The van der Waals surface area contributed by atoms with Gasteiger partial charge in [-0.05, 0) is 31.5 Å². The standard InChI is InChI=1S/C26H29N5O5/c1-3-36-24(33)16-30-15-22(28-29-30)19-5-4-6-20(11-19)26(35)31-14-21(32)12-23(31)25(34)27-13-18-9-7-17(2)8-10-18/h4-11,15,21,23,32H,3,12-14,16H2,1-2H3,(H,27,34)/t21-,23+/m1/s1. The number of carbonyl (C=O) groups excluding carboxylic acids is 3. The summed E-state index contributed by atoms with van der Waals surface area (Å²) < 4.78 is 6.29. The van der Waals surface area contributed by atoms with Gasteiger partial charge in [-0.25, -0.2) is 4.68 Å². The molecule has 1 aliphatic rings. The Hall–Kier alpha value is -4.05.